The van der Waals surface area contributed by atoms with Crippen molar-refractivity contribution < 1.29 is 12.8 Å². The lowest BCUT2D eigenvalue weighted by atomic mass is 10.2. The molecule has 2 aromatic rings. The summed E-state index contributed by atoms with van der Waals surface area (Å²) in [4.78, 5) is 4.45. The molecule has 140 valence electrons. The van der Waals surface area contributed by atoms with E-state index in [4.69, 9.17) is 0 Å². The van der Waals surface area contributed by atoms with Crippen molar-refractivity contribution in [3.8, 4) is 0 Å². The Morgan fingerprint density at radius 1 is 1.00 bits per heavy atom. The highest BCUT2D eigenvalue weighted by Gasteiger charge is 2.20. The Bertz CT molecular complexity index is 855. The Morgan fingerprint density at radius 2 is 1.65 bits per heavy atom. The van der Waals surface area contributed by atoms with Gasteiger partial charge in [0.15, 0.2) is 0 Å². The lowest BCUT2D eigenvalue weighted by Crippen LogP contribution is -2.48. The molecule has 1 fully saturated rings. The highest BCUT2D eigenvalue weighted by atomic mass is 79.9. The van der Waals surface area contributed by atoms with E-state index < -0.39 is 10.0 Å². The van der Waals surface area contributed by atoms with Gasteiger partial charge >= 0.3 is 0 Å². The van der Waals surface area contributed by atoms with Gasteiger partial charge in [-0.05, 0) is 40.2 Å². The lowest BCUT2D eigenvalue weighted by molar-refractivity contribution is 0.261. The van der Waals surface area contributed by atoms with E-state index in [1.165, 1.54) is 6.07 Å². The van der Waals surface area contributed by atoms with Crippen LogP contribution in [0.25, 0.3) is 0 Å². The Labute approximate surface area is 162 Å². The molecule has 0 aliphatic carbocycles. The quantitative estimate of drug-likeness (QED) is 0.748. The molecule has 1 heterocycles. The van der Waals surface area contributed by atoms with Gasteiger partial charge in [0.25, 0.3) is 0 Å². The predicted molar refractivity (Wildman–Crippen MR) is 104 cm³/mol. The predicted octanol–water partition coefficient (Wildman–Crippen LogP) is 2.69. The Morgan fingerprint density at radius 3 is 2.35 bits per heavy atom. The number of hydrogen-bond acceptors (Lipinski definition) is 4. The molecule has 0 radical (unpaired) electrons. The third-order valence-corrected chi connectivity index (χ3v) is 6.88. The number of hydrogen-bond donors (Lipinski definition) is 1. The first-order valence-corrected chi connectivity index (χ1v) is 10.7. The monoisotopic (exact) mass is 441 g/mol. The van der Waals surface area contributed by atoms with Gasteiger partial charge in [-0.3, -0.25) is 4.90 Å². The molecular weight excluding hydrogens is 421 g/mol. The molecule has 0 unspecified atom stereocenters. The van der Waals surface area contributed by atoms with E-state index >= 15 is 0 Å². The van der Waals surface area contributed by atoms with Crippen LogP contribution in [0.3, 0.4) is 0 Å². The average molecular weight is 442 g/mol. The number of nitrogens with one attached hydrogen (secondary N) is 1. The molecule has 1 aliphatic rings. The fourth-order valence-electron chi connectivity index (χ4n) is 3.00. The van der Waals surface area contributed by atoms with Crippen molar-refractivity contribution in [3.05, 3.63) is 58.8 Å². The minimum atomic E-state index is -3.53. The molecule has 0 bridgehead atoms. The van der Waals surface area contributed by atoms with Crippen molar-refractivity contribution in [3.63, 3.8) is 0 Å². The molecule has 1 saturated heterocycles. The fraction of sp³-hybridized carbons (Fsp3) is 0.333. The van der Waals surface area contributed by atoms with Crippen molar-refractivity contribution in [1.82, 2.24) is 9.62 Å². The number of halogens is 2. The number of sulfonamides is 1. The Kier molecular flexibility index (Phi) is 6.29. The molecule has 2 aromatic carbocycles. The van der Waals surface area contributed by atoms with E-state index in [9.17, 15) is 12.8 Å². The van der Waals surface area contributed by atoms with Gasteiger partial charge in [-0.1, -0.05) is 24.3 Å². The van der Waals surface area contributed by atoms with Gasteiger partial charge in [-0.25, -0.2) is 17.5 Å². The van der Waals surface area contributed by atoms with Gasteiger partial charge in [0.05, 0.1) is 10.6 Å². The van der Waals surface area contributed by atoms with Crippen molar-refractivity contribution in [2.45, 2.75) is 4.90 Å². The summed E-state index contributed by atoms with van der Waals surface area (Å²) in [5, 5.41) is 0. The zero-order valence-corrected chi connectivity index (χ0v) is 16.6. The molecule has 0 amide bonds. The molecule has 0 atom stereocenters. The van der Waals surface area contributed by atoms with Crippen molar-refractivity contribution >= 4 is 31.6 Å². The highest BCUT2D eigenvalue weighted by molar-refractivity contribution is 9.10. The third-order valence-electron chi connectivity index (χ3n) is 4.41. The molecular formula is C18H21BrFN3O2S. The standard InChI is InChI=1S/C18H21BrFN3O2S/c19-15-5-1-4-8-18(15)26(24,25)21-9-10-22-11-13-23(14-12-22)17-7-3-2-6-16(17)20/h1-8,21H,9-14H2. The maximum atomic E-state index is 13.9. The van der Waals surface area contributed by atoms with Gasteiger partial charge < -0.3 is 4.90 Å². The third kappa shape index (κ3) is 4.62. The van der Waals surface area contributed by atoms with Crippen molar-refractivity contribution in [2.75, 3.05) is 44.2 Å². The smallest absolute Gasteiger partial charge is 0.241 e. The fourth-order valence-corrected chi connectivity index (χ4v) is 5.02. The molecule has 1 N–H and O–H groups in total. The van der Waals surface area contributed by atoms with Crippen LogP contribution in [0.5, 0.6) is 0 Å². The molecule has 0 saturated carbocycles. The highest BCUT2D eigenvalue weighted by Crippen LogP contribution is 2.21. The van der Waals surface area contributed by atoms with Crippen LogP contribution in [-0.2, 0) is 10.0 Å². The second-order valence-electron chi connectivity index (χ2n) is 6.11. The van der Waals surface area contributed by atoms with E-state index in [1.54, 1.807) is 36.4 Å². The lowest BCUT2D eigenvalue weighted by Gasteiger charge is -2.36. The zero-order chi connectivity index (χ0) is 18.6. The van der Waals surface area contributed by atoms with Gasteiger partial charge in [-0.2, -0.15) is 0 Å². The summed E-state index contributed by atoms with van der Waals surface area (Å²) < 4.78 is 41.8. The zero-order valence-electron chi connectivity index (χ0n) is 14.2. The molecule has 1 aliphatic heterocycles. The Hall–Kier alpha value is -1.48. The number of rotatable bonds is 6. The summed E-state index contributed by atoms with van der Waals surface area (Å²) in [6.07, 6.45) is 0. The molecule has 26 heavy (non-hydrogen) atoms. The summed E-state index contributed by atoms with van der Waals surface area (Å²) in [5.74, 6) is -0.206. The minimum Gasteiger partial charge on any atom is -0.367 e. The van der Waals surface area contributed by atoms with Crippen LogP contribution in [0.15, 0.2) is 57.9 Å². The van der Waals surface area contributed by atoms with Crippen LogP contribution < -0.4 is 9.62 Å². The van der Waals surface area contributed by atoms with E-state index in [-0.39, 0.29) is 10.7 Å². The van der Waals surface area contributed by atoms with Gasteiger partial charge in [0, 0.05) is 43.7 Å². The van der Waals surface area contributed by atoms with E-state index in [0.29, 0.717) is 23.2 Å². The van der Waals surface area contributed by atoms with Crippen LogP contribution in [0.2, 0.25) is 0 Å². The number of para-hydroxylation sites is 1. The minimum absolute atomic E-state index is 0.206. The summed E-state index contributed by atoms with van der Waals surface area (Å²) in [7, 11) is -3.53. The van der Waals surface area contributed by atoms with Crippen molar-refractivity contribution in [1.29, 1.82) is 0 Å². The number of nitrogens with zero attached hydrogens (tertiary/aromatic N) is 2. The average Bonchev–Trinajstić information content (AvgIpc) is 2.63. The largest absolute Gasteiger partial charge is 0.367 e. The van der Waals surface area contributed by atoms with Crippen LogP contribution in [0, 0.1) is 5.82 Å². The first-order chi connectivity index (χ1) is 12.5. The Balaban J connectivity index is 1.49. The van der Waals surface area contributed by atoms with Crippen LogP contribution in [-0.4, -0.2) is 52.6 Å². The maximum absolute atomic E-state index is 13.9. The topological polar surface area (TPSA) is 52.7 Å². The van der Waals surface area contributed by atoms with Gasteiger partial charge in [0.2, 0.25) is 10.0 Å². The van der Waals surface area contributed by atoms with Crippen LogP contribution in [0.1, 0.15) is 0 Å². The summed E-state index contributed by atoms with van der Waals surface area (Å²) >= 11 is 3.27. The van der Waals surface area contributed by atoms with Crippen molar-refractivity contribution in [2.24, 2.45) is 0 Å². The molecule has 0 spiro atoms. The first-order valence-electron chi connectivity index (χ1n) is 8.43. The van der Waals surface area contributed by atoms with Crippen LogP contribution >= 0.6 is 15.9 Å². The van der Waals surface area contributed by atoms with E-state index in [1.807, 2.05) is 11.0 Å². The summed E-state index contributed by atoms with van der Waals surface area (Å²) in [5.41, 5.74) is 0.627. The second-order valence-corrected chi connectivity index (χ2v) is 8.70. The summed E-state index contributed by atoms with van der Waals surface area (Å²) in [6, 6.07) is 13.5. The summed E-state index contributed by atoms with van der Waals surface area (Å²) in [6.45, 7) is 3.93. The normalized spacial score (nSPS) is 16.0. The van der Waals surface area contributed by atoms with E-state index in [0.717, 1.165) is 26.2 Å². The van der Waals surface area contributed by atoms with Gasteiger partial charge in [-0.15, -0.1) is 0 Å². The first kappa shape index (κ1) is 19.3. The number of benzene rings is 2. The molecule has 3 rings (SSSR count). The molecule has 8 heteroatoms. The van der Waals surface area contributed by atoms with E-state index in [2.05, 4.69) is 25.6 Å². The molecule has 5 nitrogen and oxygen atoms in total. The maximum Gasteiger partial charge on any atom is 0.241 e. The number of piperazine rings is 1. The SMILES string of the molecule is O=S(=O)(NCCN1CCN(c2ccccc2F)CC1)c1ccccc1Br. The second kappa shape index (κ2) is 8.47. The number of anilines is 1. The molecule has 0 aromatic heterocycles. The van der Waals surface area contributed by atoms with Crippen LogP contribution in [0.4, 0.5) is 10.1 Å². The van der Waals surface area contributed by atoms with Gasteiger partial charge in [0.1, 0.15) is 5.82 Å².